The van der Waals surface area contributed by atoms with Gasteiger partial charge in [-0.3, -0.25) is 4.79 Å². The van der Waals surface area contributed by atoms with Crippen molar-refractivity contribution in [1.82, 2.24) is 0 Å². The minimum atomic E-state index is -0.377. The molecule has 0 atom stereocenters. The zero-order valence-electron chi connectivity index (χ0n) is 12.6. The summed E-state index contributed by atoms with van der Waals surface area (Å²) in [5, 5.41) is 8.94. The molecule has 0 fully saturated rings. The number of amides is 1. The Bertz CT molecular complexity index is 474. The molecule has 0 radical (unpaired) electrons. The average molecular weight is 293 g/mol. The first-order chi connectivity index (χ1) is 10.0. The molecule has 21 heavy (non-hydrogen) atoms. The van der Waals surface area contributed by atoms with Crippen LogP contribution < -0.4 is 4.90 Å². The number of para-hydroxylation sites is 1. The number of hydrogen-bond acceptors (Lipinski definition) is 2. The summed E-state index contributed by atoms with van der Waals surface area (Å²) in [6.07, 6.45) is 5.83. The van der Waals surface area contributed by atoms with Gasteiger partial charge in [-0.15, -0.1) is 0 Å². The Morgan fingerprint density at radius 3 is 2.33 bits per heavy atom. The molecule has 1 aromatic carbocycles. The largest absolute Gasteiger partial charge is 0.513 e. The summed E-state index contributed by atoms with van der Waals surface area (Å²) in [4.78, 5) is 13.4. The minimum absolute atomic E-state index is 0.0659. The van der Waals surface area contributed by atoms with Gasteiger partial charge in [0.2, 0.25) is 5.91 Å². The summed E-state index contributed by atoms with van der Waals surface area (Å²) in [6, 6.07) is 6.29. The first-order valence-electron chi connectivity index (χ1n) is 7.40. The zero-order chi connectivity index (χ0) is 15.7. The van der Waals surface area contributed by atoms with E-state index in [1.807, 2.05) is 0 Å². The number of aliphatic hydroxyl groups is 1. The van der Waals surface area contributed by atoms with Crippen molar-refractivity contribution < 1.29 is 14.3 Å². The van der Waals surface area contributed by atoms with E-state index in [4.69, 9.17) is 5.11 Å². The Balaban J connectivity index is 2.22. The molecule has 0 saturated heterocycles. The third kappa shape index (κ3) is 6.43. The van der Waals surface area contributed by atoms with E-state index in [1.165, 1.54) is 11.0 Å². The van der Waals surface area contributed by atoms with Crippen LogP contribution in [0.15, 0.2) is 36.6 Å². The number of benzene rings is 1. The van der Waals surface area contributed by atoms with Crippen molar-refractivity contribution in [2.45, 2.75) is 44.9 Å². The smallest absolute Gasteiger partial charge is 0.226 e. The van der Waals surface area contributed by atoms with Crippen molar-refractivity contribution >= 4 is 11.6 Å². The number of carbonyl (C=O) groups excluding carboxylic acids is 1. The van der Waals surface area contributed by atoms with E-state index in [9.17, 15) is 9.18 Å². The molecule has 0 saturated carbocycles. The molecule has 0 bridgehead atoms. The molecule has 0 aliphatic heterocycles. The van der Waals surface area contributed by atoms with Gasteiger partial charge in [0.25, 0.3) is 0 Å². The van der Waals surface area contributed by atoms with Crippen molar-refractivity contribution in [1.29, 1.82) is 0 Å². The van der Waals surface area contributed by atoms with Gasteiger partial charge in [-0.1, -0.05) is 38.0 Å². The average Bonchev–Trinajstić information content (AvgIpc) is 2.45. The van der Waals surface area contributed by atoms with Crippen molar-refractivity contribution in [2.75, 3.05) is 11.9 Å². The second-order valence-corrected chi connectivity index (χ2v) is 5.24. The van der Waals surface area contributed by atoms with Crippen LogP contribution in [0.25, 0.3) is 0 Å². The molecular weight excluding hydrogens is 269 g/mol. The highest BCUT2D eigenvalue weighted by Gasteiger charge is 2.13. The number of hydrogen-bond donors (Lipinski definition) is 1. The van der Waals surface area contributed by atoms with Crippen LogP contribution >= 0.6 is 0 Å². The summed E-state index contributed by atoms with van der Waals surface area (Å²) in [7, 11) is 1.60. The van der Waals surface area contributed by atoms with Crippen LogP contribution in [0.2, 0.25) is 0 Å². The van der Waals surface area contributed by atoms with Crippen molar-refractivity contribution in [3.05, 3.63) is 42.4 Å². The first kappa shape index (κ1) is 17.2. The van der Waals surface area contributed by atoms with Gasteiger partial charge in [-0.05, 0) is 25.0 Å². The molecular formula is C17H24FNO2. The summed E-state index contributed by atoms with van der Waals surface area (Å²) in [6.45, 7) is 3.44. The summed E-state index contributed by atoms with van der Waals surface area (Å²) in [5.41, 5.74) is 0.323. The zero-order valence-corrected chi connectivity index (χ0v) is 12.6. The van der Waals surface area contributed by atoms with Crippen molar-refractivity contribution in [3.63, 3.8) is 0 Å². The molecule has 116 valence electrons. The Labute approximate surface area is 126 Å². The summed E-state index contributed by atoms with van der Waals surface area (Å²) in [5.74, 6) is -0.210. The van der Waals surface area contributed by atoms with E-state index in [1.54, 1.807) is 25.2 Å². The lowest BCUT2D eigenvalue weighted by molar-refractivity contribution is -0.118. The molecule has 0 heterocycles. The van der Waals surface area contributed by atoms with E-state index in [-0.39, 0.29) is 17.5 Å². The van der Waals surface area contributed by atoms with Gasteiger partial charge in [0.15, 0.2) is 0 Å². The second kappa shape index (κ2) is 9.16. The van der Waals surface area contributed by atoms with Crippen LogP contribution in [0.1, 0.15) is 44.9 Å². The lowest BCUT2D eigenvalue weighted by Gasteiger charge is -2.17. The second-order valence-electron chi connectivity index (χ2n) is 5.24. The van der Waals surface area contributed by atoms with Crippen LogP contribution in [0, 0.1) is 5.82 Å². The number of allylic oxidation sites excluding steroid dienone is 1. The standard InChI is InChI=1S/C17H24FNO2/c1-14(20)10-6-4-3-5-7-13-17(21)19(2)16-12-9-8-11-15(16)18/h8-9,11-12,20H,1,3-7,10,13H2,2H3. The Morgan fingerprint density at radius 2 is 1.71 bits per heavy atom. The van der Waals surface area contributed by atoms with Crippen LogP contribution in [0.4, 0.5) is 10.1 Å². The molecule has 0 aliphatic carbocycles. The van der Waals surface area contributed by atoms with Gasteiger partial charge >= 0.3 is 0 Å². The lowest BCUT2D eigenvalue weighted by atomic mass is 10.1. The molecule has 0 unspecified atom stereocenters. The molecule has 3 nitrogen and oxygen atoms in total. The maximum Gasteiger partial charge on any atom is 0.226 e. The third-order valence-electron chi connectivity index (χ3n) is 3.44. The number of nitrogens with zero attached hydrogens (tertiary/aromatic N) is 1. The van der Waals surface area contributed by atoms with Crippen LogP contribution in [-0.2, 0) is 4.79 Å². The van der Waals surface area contributed by atoms with E-state index >= 15 is 0 Å². The Hall–Kier alpha value is -1.84. The molecule has 0 aliphatic rings. The number of rotatable bonds is 9. The number of halogens is 1. The Kier molecular flexibility index (Phi) is 7.51. The summed E-state index contributed by atoms with van der Waals surface area (Å²) < 4.78 is 13.6. The Morgan fingerprint density at radius 1 is 1.14 bits per heavy atom. The molecule has 0 spiro atoms. The molecule has 1 aromatic rings. The molecule has 1 N–H and O–H groups in total. The third-order valence-corrected chi connectivity index (χ3v) is 3.44. The first-order valence-corrected chi connectivity index (χ1v) is 7.40. The number of carbonyl (C=O) groups is 1. The van der Waals surface area contributed by atoms with Crippen LogP contribution in [-0.4, -0.2) is 18.1 Å². The van der Waals surface area contributed by atoms with Gasteiger partial charge in [0, 0.05) is 19.9 Å². The quantitative estimate of drug-likeness (QED) is 0.534. The van der Waals surface area contributed by atoms with Crippen LogP contribution in [0.3, 0.4) is 0 Å². The highest BCUT2D eigenvalue weighted by Crippen LogP contribution is 2.18. The highest BCUT2D eigenvalue weighted by atomic mass is 19.1. The van der Waals surface area contributed by atoms with Gasteiger partial charge in [-0.25, -0.2) is 4.39 Å². The molecule has 0 aromatic heterocycles. The number of aliphatic hydroxyl groups excluding tert-OH is 1. The van der Waals surface area contributed by atoms with Crippen molar-refractivity contribution in [2.24, 2.45) is 0 Å². The van der Waals surface area contributed by atoms with Crippen LogP contribution in [0.5, 0.6) is 0 Å². The van der Waals surface area contributed by atoms with Gasteiger partial charge in [0.1, 0.15) is 5.82 Å². The van der Waals surface area contributed by atoms with Gasteiger partial charge < -0.3 is 10.0 Å². The molecule has 4 heteroatoms. The molecule has 1 rings (SSSR count). The van der Waals surface area contributed by atoms with E-state index in [0.717, 1.165) is 32.1 Å². The topological polar surface area (TPSA) is 40.5 Å². The normalized spacial score (nSPS) is 10.4. The fraction of sp³-hybridized carbons (Fsp3) is 0.471. The maximum atomic E-state index is 13.6. The van der Waals surface area contributed by atoms with E-state index in [0.29, 0.717) is 18.5 Å². The van der Waals surface area contributed by atoms with Gasteiger partial charge in [-0.2, -0.15) is 0 Å². The lowest BCUT2D eigenvalue weighted by Crippen LogP contribution is -2.26. The highest BCUT2D eigenvalue weighted by molar-refractivity contribution is 5.92. The predicted octanol–water partition coefficient (Wildman–Crippen LogP) is 4.59. The minimum Gasteiger partial charge on any atom is -0.513 e. The van der Waals surface area contributed by atoms with E-state index < -0.39 is 0 Å². The number of unbranched alkanes of at least 4 members (excludes halogenated alkanes) is 4. The predicted molar refractivity (Wildman–Crippen MR) is 83.9 cm³/mol. The van der Waals surface area contributed by atoms with Crippen molar-refractivity contribution in [3.8, 4) is 0 Å². The fourth-order valence-corrected chi connectivity index (χ4v) is 2.16. The SMILES string of the molecule is C=C(O)CCCCCCCC(=O)N(C)c1ccccc1F. The summed E-state index contributed by atoms with van der Waals surface area (Å²) >= 11 is 0. The fourth-order valence-electron chi connectivity index (χ4n) is 2.16. The maximum absolute atomic E-state index is 13.6. The van der Waals surface area contributed by atoms with E-state index in [2.05, 4.69) is 6.58 Å². The molecule has 1 amide bonds. The van der Waals surface area contributed by atoms with Gasteiger partial charge in [0.05, 0.1) is 11.4 Å². The monoisotopic (exact) mass is 293 g/mol. The number of anilines is 1.